The molecule has 3 rings (SSSR count). The molecule has 0 unspecified atom stereocenters. The Labute approximate surface area is 124 Å². The van der Waals surface area contributed by atoms with Crippen molar-refractivity contribution in [1.29, 1.82) is 0 Å². The average molecular weight is 288 g/mol. The molecule has 0 radical (unpaired) electrons. The molecule has 1 aliphatic rings. The molecule has 5 heteroatoms. The molecule has 1 N–H and O–H groups in total. The molecule has 0 amide bonds. The molecular formula is C15H20N4S. The van der Waals surface area contributed by atoms with Crippen molar-refractivity contribution in [2.75, 3.05) is 5.32 Å². The summed E-state index contributed by atoms with van der Waals surface area (Å²) in [6.07, 6.45) is 7.33. The van der Waals surface area contributed by atoms with Gasteiger partial charge < -0.3 is 5.32 Å². The van der Waals surface area contributed by atoms with Crippen LogP contribution in [0.25, 0.3) is 0 Å². The summed E-state index contributed by atoms with van der Waals surface area (Å²) in [5.41, 5.74) is 2.22. The summed E-state index contributed by atoms with van der Waals surface area (Å²) in [6, 6.07) is 8.74. The molecule has 1 heterocycles. The van der Waals surface area contributed by atoms with E-state index in [2.05, 4.69) is 39.9 Å². The van der Waals surface area contributed by atoms with Crippen molar-refractivity contribution in [3.8, 4) is 0 Å². The molecule has 1 aliphatic carbocycles. The number of hydrogen-bond donors (Lipinski definition) is 1. The predicted octanol–water partition coefficient (Wildman–Crippen LogP) is 3.46. The number of aryl methyl sites for hydroxylation is 1. The van der Waals surface area contributed by atoms with Crippen LogP contribution in [0, 0.1) is 0 Å². The molecule has 1 saturated carbocycles. The quantitative estimate of drug-likeness (QED) is 0.915. The lowest BCUT2D eigenvalue weighted by Gasteiger charge is -2.10. The van der Waals surface area contributed by atoms with Gasteiger partial charge in [-0.2, -0.15) is 0 Å². The minimum Gasteiger partial charge on any atom is -0.379 e. The third-order valence-corrected chi connectivity index (χ3v) is 5.09. The summed E-state index contributed by atoms with van der Waals surface area (Å²) in [5.74, 6) is 0. The summed E-state index contributed by atoms with van der Waals surface area (Å²) >= 11 is 2.03. The first-order chi connectivity index (χ1) is 9.81. The SMILES string of the molecule is Cn1nncc1CNc1ccc(SC2CCCC2)cc1. The molecular weight excluding hydrogens is 268 g/mol. The molecule has 4 nitrogen and oxygen atoms in total. The van der Waals surface area contributed by atoms with Gasteiger partial charge in [0.25, 0.3) is 0 Å². The summed E-state index contributed by atoms with van der Waals surface area (Å²) in [4.78, 5) is 1.38. The van der Waals surface area contributed by atoms with Gasteiger partial charge in [-0.1, -0.05) is 18.1 Å². The van der Waals surface area contributed by atoms with Crippen LogP contribution in [-0.4, -0.2) is 20.2 Å². The van der Waals surface area contributed by atoms with E-state index in [1.165, 1.54) is 30.6 Å². The third kappa shape index (κ3) is 3.33. The number of rotatable bonds is 5. The second kappa shape index (κ2) is 6.31. The van der Waals surface area contributed by atoms with Gasteiger partial charge in [0.1, 0.15) is 0 Å². The van der Waals surface area contributed by atoms with E-state index < -0.39 is 0 Å². The van der Waals surface area contributed by atoms with Gasteiger partial charge >= 0.3 is 0 Å². The van der Waals surface area contributed by atoms with Crippen LogP contribution in [0.1, 0.15) is 31.4 Å². The van der Waals surface area contributed by atoms with Crippen molar-refractivity contribution in [3.05, 3.63) is 36.2 Å². The van der Waals surface area contributed by atoms with Gasteiger partial charge in [0.15, 0.2) is 0 Å². The normalized spacial score (nSPS) is 15.7. The first kappa shape index (κ1) is 13.5. The summed E-state index contributed by atoms with van der Waals surface area (Å²) in [5, 5.41) is 12.0. The van der Waals surface area contributed by atoms with Crippen molar-refractivity contribution < 1.29 is 0 Å². The topological polar surface area (TPSA) is 42.7 Å². The maximum Gasteiger partial charge on any atom is 0.0774 e. The van der Waals surface area contributed by atoms with E-state index in [4.69, 9.17) is 0 Å². The van der Waals surface area contributed by atoms with Gasteiger partial charge in [-0.15, -0.1) is 16.9 Å². The maximum absolute atomic E-state index is 3.92. The Balaban J connectivity index is 1.54. The first-order valence-corrected chi connectivity index (χ1v) is 8.03. The lowest BCUT2D eigenvalue weighted by atomic mass is 10.3. The molecule has 1 fully saturated rings. The Hall–Kier alpha value is -1.49. The van der Waals surface area contributed by atoms with Crippen LogP contribution in [0.3, 0.4) is 0 Å². The van der Waals surface area contributed by atoms with Crippen molar-refractivity contribution in [1.82, 2.24) is 15.0 Å². The summed E-state index contributed by atoms with van der Waals surface area (Å²) in [6.45, 7) is 0.749. The average Bonchev–Trinajstić information content (AvgIpc) is 3.10. The molecule has 106 valence electrons. The number of aromatic nitrogens is 3. The molecule has 0 aliphatic heterocycles. The van der Waals surface area contributed by atoms with Crippen molar-refractivity contribution >= 4 is 17.4 Å². The van der Waals surface area contributed by atoms with Gasteiger partial charge in [-0.3, -0.25) is 4.68 Å². The van der Waals surface area contributed by atoms with E-state index >= 15 is 0 Å². The monoisotopic (exact) mass is 288 g/mol. The fourth-order valence-corrected chi connectivity index (χ4v) is 3.76. The van der Waals surface area contributed by atoms with Crippen LogP contribution in [0.4, 0.5) is 5.69 Å². The summed E-state index contributed by atoms with van der Waals surface area (Å²) < 4.78 is 1.79. The Morgan fingerprint density at radius 3 is 2.65 bits per heavy atom. The number of benzene rings is 1. The second-order valence-electron chi connectivity index (χ2n) is 5.25. The number of hydrogen-bond acceptors (Lipinski definition) is 4. The van der Waals surface area contributed by atoms with E-state index in [-0.39, 0.29) is 0 Å². The molecule has 0 saturated heterocycles. The molecule has 1 aromatic carbocycles. The highest BCUT2D eigenvalue weighted by Gasteiger charge is 2.15. The zero-order valence-corrected chi connectivity index (χ0v) is 12.6. The zero-order chi connectivity index (χ0) is 13.8. The van der Waals surface area contributed by atoms with Crippen LogP contribution in [-0.2, 0) is 13.6 Å². The van der Waals surface area contributed by atoms with Gasteiger partial charge in [0, 0.05) is 22.9 Å². The van der Waals surface area contributed by atoms with Crippen LogP contribution in [0.15, 0.2) is 35.4 Å². The Morgan fingerprint density at radius 2 is 2.00 bits per heavy atom. The van der Waals surface area contributed by atoms with Crippen molar-refractivity contribution in [3.63, 3.8) is 0 Å². The number of nitrogens with one attached hydrogen (secondary N) is 1. The largest absolute Gasteiger partial charge is 0.379 e. The van der Waals surface area contributed by atoms with Crippen LogP contribution in [0.2, 0.25) is 0 Å². The highest BCUT2D eigenvalue weighted by atomic mass is 32.2. The van der Waals surface area contributed by atoms with E-state index in [9.17, 15) is 0 Å². The smallest absolute Gasteiger partial charge is 0.0774 e. The predicted molar refractivity (Wildman–Crippen MR) is 82.9 cm³/mol. The zero-order valence-electron chi connectivity index (χ0n) is 11.7. The van der Waals surface area contributed by atoms with E-state index in [0.29, 0.717) is 0 Å². The third-order valence-electron chi connectivity index (χ3n) is 3.74. The fourth-order valence-electron chi connectivity index (χ4n) is 2.51. The minimum absolute atomic E-state index is 0.749. The molecule has 0 bridgehead atoms. The Kier molecular flexibility index (Phi) is 4.25. The van der Waals surface area contributed by atoms with Gasteiger partial charge in [0.2, 0.25) is 0 Å². The van der Waals surface area contributed by atoms with Crippen LogP contribution >= 0.6 is 11.8 Å². The minimum atomic E-state index is 0.749. The summed E-state index contributed by atoms with van der Waals surface area (Å²) in [7, 11) is 1.91. The lowest BCUT2D eigenvalue weighted by Crippen LogP contribution is -2.05. The van der Waals surface area contributed by atoms with Crippen LogP contribution in [0.5, 0.6) is 0 Å². The maximum atomic E-state index is 3.92. The Bertz CT molecular complexity index is 543. The first-order valence-electron chi connectivity index (χ1n) is 7.15. The second-order valence-corrected chi connectivity index (χ2v) is 6.62. The standard InChI is InChI=1S/C15H20N4S/c1-19-13(11-17-18-19)10-16-12-6-8-15(9-7-12)20-14-4-2-3-5-14/h6-9,11,14,16H,2-5,10H2,1H3. The number of anilines is 1. The van der Waals surface area contributed by atoms with Gasteiger partial charge in [-0.05, 0) is 37.1 Å². The molecule has 0 atom stereocenters. The highest BCUT2D eigenvalue weighted by molar-refractivity contribution is 8.00. The van der Waals surface area contributed by atoms with E-state index in [0.717, 1.165) is 23.2 Å². The van der Waals surface area contributed by atoms with Gasteiger partial charge in [0.05, 0.1) is 18.4 Å². The molecule has 2 aromatic rings. The molecule has 1 aromatic heterocycles. The van der Waals surface area contributed by atoms with Gasteiger partial charge in [-0.25, -0.2) is 0 Å². The van der Waals surface area contributed by atoms with E-state index in [1.807, 2.05) is 18.8 Å². The molecule has 20 heavy (non-hydrogen) atoms. The van der Waals surface area contributed by atoms with Crippen LogP contribution < -0.4 is 5.32 Å². The lowest BCUT2D eigenvalue weighted by molar-refractivity contribution is 0.683. The fraction of sp³-hybridized carbons (Fsp3) is 0.467. The number of nitrogens with zero attached hydrogens (tertiary/aromatic N) is 3. The Morgan fingerprint density at radius 1 is 1.25 bits per heavy atom. The molecule has 0 spiro atoms. The highest BCUT2D eigenvalue weighted by Crippen LogP contribution is 2.34. The van der Waals surface area contributed by atoms with Crippen molar-refractivity contribution in [2.24, 2.45) is 7.05 Å². The van der Waals surface area contributed by atoms with E-state index in [1.54, 1.807) is 10.9 Å². The van der Waals surface area contributed by atoms with Crippen molar-refractivity contribution in [2.45, 2.75) is 42.4 Å². The number of thioether (sulfide) groups is 1.